The zero-order valence-electron chi connectivity index (χ0n) is 11.8. The molecule has 1 aromatic carbocycles. The SMILES string of the molecule is CC(C)c1nc(Cl)cc(N(C)Cc2cccc(Br)c2)n1. The lowest BCUT2D eigenvalue weighted by Gasteiger charge is -2.19. The Morgan fingerprint density at radius 2 is 2.00 bits per heavy atom. The second-order valence-corrected chi connectivity index (χ2v) is 6.35. The first-order valence-electron chi connectivity index (χ1n) is 6.46. The summed E-state index contributed by atoms with van der Waals surface area (Å²) in [5.74, 6) is 1.87. The van der Waals surface area contributed by atoms with E-state index in [0.717, 1.165) is 22.7 Å². The van der Waals surface area contributed by atoms with Crippen LogP contribution in [0.2, 0.25) is 5.15 Å². The van der Waals surface area contributed by atoms with Gasteiger partial charge in [-0.1, -0.05) is 53.5 Å². The molecule has 0 radical (unpaired) electrons. The average Bonchev–Trinajstić information content (AvgIpc) is 2.37. The van der Waals surface area contributed by atoms with E-state index in [-0.39, 0.29) is 5.92 Å². The Balaban J connectivity index is 2.22. The van der Waals surface area contributed by atoms with Crippen molar-refractivity contribution in [1.29, 1.82) is 0 Å². The third-order valence-electron chi connectivity index (χ3n) is 2.91. The molecule has 1 aromatic heterocycles. The van der Waals surface area contributed by atoms with Crippen LogP contribution in [0.4, 0.5) is 5.82 Å². The van der Waals surface area contributed by atoms with Crippen molar-refractivity contribution in [2.75, 3.05) is 11.9 Å². The molecular formula is C15H17BrClN3. The molecule has 1 heterocycles. The van der Waals surface area contributed by atoms with Gasteiger partial charge in [-0.25, -0.2) is 9.97 Å². The molecule has 0 unspecified atom stereocenters. The fraction of sp³-hybridized carbons (Fsp3) is 0.333. The van der Waals surface area contributed by atoms with Crippen LogP contribution in [0.25, 0.3) is 0 Å². The Hall–Kier alpha value is -1.13. The molecule has 2 aromatic rings. The number of hydrogen-bond donors (Lipinski definition) is 0. The van der Waals surface area contributed by atoms with Crippen molar-refractivity contribution in [3.05, 3.63) is 51.3 Å². The molecule has 0 aliphatic rings. The van der Waals surface area contributed by atoms with Crippen molar-refractivity contribution in [2.45, 2.75) is 26.3 Å². The normalized spacial score (nSPS) is 10.9. The van der Waals surface area contributed by atoms with Crippen LogP contribution >= 0.6 is 27.5 Å². The molecule has 0 saturated heterocycles. The molecule has 106 valence electrons. The fourth-order valence-electron chi connectivity index (χ4n) is 1.87. The monoisotopic (exact) mass is 353 g/mol. The van der Waals surface area contributed by atoms with E-state index < -0.39 is 0 Å². The first kappa shape index (κ1) is 15.3. The number of benzene rings is 1. The summed E-state index contributed by atoms with van der Waals surface area (Å²) in [6, 6.07) is 10.0. The van der Waals surface area contributed by atoms with E-state index in [1.54, 1.807) is 6.07 Å². The third kappa shape index (κ3) is 3.93. The minimum Gasteiger partial charge on any atom is -0.355 e. The predicted octanol–water partition coefficient (Wildman–Crippen LogP) is 4.65. The maximum atomic E-state index is 6.08. The van der Waals surface area contributed by atoms with Crippen LogP contribution in [0.15, 0.2) is 34.8 Å². The number of hydrogen-bond acceptors (Lipinski definition) is 3. The Morgan fingerprint density at radius 3 is 2.65 bits per heavy atom. The van der Waals surface area contributed by atoms with E-state index in [4.69, 9.17) is 11.6 Å². The molecule has 0 saturated carbocycles. The third-order valence-corrected chi connectivity index (χ3v) is 3.60. The van der Waals surface area contributed by atoms with Crippen molar-refractivity contribution in [3.8, 4) is 0 Å². The first-order valence-corrected chi connectivity index (χ1v) is 7.63. The summed E-state index contributed by atoms with van der Waals surface area (Å²) in [4.78, 5) is 10.9. The lowest BCUT2D eigenvalue weighted by Crippen LogP contribution is -2.19. The van der Waals surface area contributed by atoms with Crippen molar-refractivity contribution in [3.63, 3.8) is 0 Å². The van der Waals surface area contributed by atoms with Crippen LogP contribution in [0.3, 0.4) is 0 Å². The summed E-state index contributed by atoms with van der Waals surface area (Å²) >= 11 is 9.57. The van der Waals surface area contributed by atoms with Crippen molar-refractivity contribution >= 4 is 33.3 Å². The minimum atomic E-state index is 0.256. The van der Waals surface area contributed by atoms with Gasteiger partial charge in [-0.3, -0.25) is 0 Å². The van der Waals surface area contributed by atoms with Crippen LogP contribution in [-0.4, -0.2) is 17.0 Å². The van der Waals surface area contributed by atoms with Crippen molar-refractivity contribution in [2.24, 2.45) is 0 Å². The van der Waals surface area contributed by atoms with Crippen LogP contribution in [0, 0.1) is 0 Å². The van der Waals surface area contributed by atoms with Crippen LogP contribution < -0.4 is 4.90 Å². The molecule has 0 aliphatic carbocycles. The van der Waals surface area contributed by atoms with Gasteiger partial charge in [0.1, 0.15) is 16.8 Å². The molecule has 0 N–H and O–H groups in total. The van der Waals surface area contributed by atoms with Gasteiger partial charge in [0.2, 0.25) is 0 Å². The smallest absolute Gasteiger partial charge is 0.135 e. The largest absolute Gasteiger partial charge is 0.355 e. The molecular weight excluding hydrogens is 338 g/mol. The van der Waals surface area contributed by atoms with Gasteiger partial charge in [0.15, 0.2) is 0 Å². The lowest BCUT2D eigenvalue weighted by molar-refractivity contribution is 0.762. The summed E-state index contributed by atoms with van der Waals surface area (Å²) < 4.78 is 1.08. The van der Waals surface area contributed by atoms with Gasteiger partial charge in [0.25, 0.3) is 0 Å². The van der Waals surface area contributed by atoms with Crippen LogP contribution in [0.1, 0.15) is 31.2 Å². The van der Waals surface area contributed by atoms with Gasteiger partial charge >= 0.3 is 0 Å². The van der Waals surface area contributed by atoms with E-state index in [9.17, 15) is 0 Å². The Kier molecular flexibility index (Phi) is 5.00. The van der Waals surface area contributed by atoms with Gasteiger partial charge < -0.3 is 4.90 Å². The summed E-state index contributed by atoms with van der Waals surface area (Å²) in [5, 5.41) is 0.486. The molecule has 0 aliphatic heterocycles. The minimum absolute atomic E-state index is 0.256. The van der Waals surface area contributed by atoms with Gasteiger partial charge in [0.05, 0.1) is 0 Å². The van der Waals surface area contributed by atoms with Crippen molar-refractivity contribution in [1.82, 2.24) is 9.97 Å². The number of nitrogens with zero attached hydrogens (tertiary/aromatic N) is 3. The Morgan fingerprint density at radius 1 is 1.25 bits per heavy atom. The molecule has 5 heteroatoms. The summed E-state index contributed by atoms with van der Waals surface area (Å²) in [7, 11) is 2.00. The molecule has 2 rings (SSSR count). The van der Waals surface area contributed by atoms with E-state index in [1.807, 2.05) is 19.2 Å². The summed E-state index contributed by atoms with van der Waals surface area (Å²) in [6.07, 6.45) is 0. The first-order chi connectivity index (χ1) is 9.45. The topological polar surface area (TPSA) is 29.0 Å². The summed E-state index contributed by atoms with van der Waals surface area (Å²) in [5.41, 5.74) is 1.21. The highest BCUT2D eigenvalue weighted by Gasteiger charge is 2.10. The fourth-order valence-corrected chi connectivity index (χ4v) is 2.50. The summed E-state index contributed by atoms with van der Waals surface area (Å²) in [6.45, 7) is 4.89. The van der Waals surface area contributed by atoms with Gasteiger partial charge in [-0.05, 0) is 17.7 Å². The van der Waals surface area contributed by atoms with E-state index in [0.29, 0.717) is 5.15 Å². The van der Waals surface area contributed by atoms with E-state index >= 15 is 0 Å². The highest BCUT2D eigenvalue weighted by Crippen LogP contribution is 2.21. The zero-order chi connectivity index (χ0) is 14.7. The molecule has 0 spiro atoms. The average molecular weight is 355 g/mol. The van der Waals surface area contributed by atoms with Gasteiger partial charge in [-0.2, -0.15) is 0 Å². The standard InChI is InChI=1S/C15H17BrClN3/c1-10(2)15-18-13(17)8-14(19-15)20(3)9-11-5-4-6-12(16)7-11/h4-8,10H,9H2,1-3H3. The van der Waals surface area contributed by atoms with Gasteiger partial charge in [0, 0.05) is 30.0 Å². The van der Waals surface area contributed by atoms with Gasteiger partial charge in [-0.15, -0.1) is 0 Å². The number of rotatable bonds is 4. The van der Waals surface area contributed by atoms with E-state index in [2.05, 4.69) is 56.8 Å². The lowest BCUT2D eigenvalue weighted by atomic mass is 10.2. The molecule has 20 heavy (non-hydrogen) atoms. The molecule has 0 fully saturated rings. The number of halogens is 2. The second-order valence-electron chi connectivity index (χ2n) is 5.05. The van der Waals surface area contributed by atoms with Crippen molar-refractivity contribution < 1.29 is 0 Å². The Labute approximate surface area is 133 Å². The quantitative estimate of drug-likeness (QED) is 0.748. The van der Waals surface area contributed by atoms with Crippen LogP contribution in [0.5, 0.6) is 0 Å². The maximum Gasteiger partial charge on any atom is 0.135 e. The van der Waals surface area contributed by atoms with E-state index in [1.165, 1.54) is 5.56 Å². The molecule has 3 nitrogen and oxygen atoms in total. The Bertz CT molecular complexity index is 601. The highest BCUT2D eigenvalue weighted by atomic mass is 79.9. The van der Waals surface area contributed by atoms with Crippen LogP contribution in [-0.2, 0) is 6.54 Å². The molecule has 0 atom stereocenters. The zero-order valence-corrected chi connectivity index (χ0v) is 14.1. The second kappa shape index (κ2) is 6.55. The molecule has 0 amide bonds. The maximum absolute atomic E-state index is 6.08. The predicted molar refractivity (Wildman–Crippen MR) is 87.4 cm³/mol. The number of anilines is 1. The highest BCUT2D eigenvalue weighted by molar-refractivity contribution is 9.10. The molecule has 0 bridgehead atoms. The number of aromatic nitrogens is 2.